The molecular formula is C12H24N2O. The predicted molar refractivity (Wildman–Crippen MR) is 62.1 cm³/mol. The number of hydrogen-bond donors (Lipinski definition) is 0. The maximum absolute atomic E-state index is 5.37. The maximum Gasteiger partial charge on any atom is 0.0594 e. The smallest absolute Gasteiger partial charge is 0.0594 e. The predicted octanol–water partition coefficient (Wildman–Crippen LogP) is 1.05. The van der Waals surface area contributed by atoms with Crippen LogP contribution in [0.1, 0.15) is 20.3 Å². The fraction of sp³-hybridized carbons (Fsp3) is 1.00. The summed E-state index contributed by atoms with van der Waals surface area (Å²) in [6.07, 6.45) is 1.38. The standard InChI is InChI=1S/C12H24N2O/c1-11(2)14-4-3-12(10-14)9-13-5-7-15-8-6-13/h11-12H,3-10H2,1-2H3. The molecule has 88 valence electrons. The molecule has 1 unspecified atom stereocenters. The molecule has 2 heterocycles. The second-order valence-corrected chi connectivity index (χ2v) is 5.16. The van der Waals surface area contributed by atoms with E-state index in [2.05, 4.69) is 23.6 Å². The molecule has 2 saturated heterocycles. The molecule has 2 fully saturated rings. The van der Waals surface area contributed by atoms with Crippen LogP contribution in [-0.2, 0) is 4.74 Å². The quantitative estimate of drug-likeness (QED) is 0.695. The molecule has 2 aliphatic rings. The van der Waals surface area contributed by atoms with E-state index in [-0.39, 0.29) is 0 Å². The van der Waals surface area contributed by atoms with Gasteiger partial charge in [0, 0.05) is 32.2 Å². The SMILES string of the molecule is CC(C)N1CCC(CN2CCOCC2)C1. The zero-order valence-corrected chi connectivity index (χ0v) is 10.1. The Morgan fingerprint density at radius 2 is 1.93 bits per heavy atom. The summed E-state index contributed by atoms with van der Waals surface area (Å²) in [5.41, 5.74) is 0. The first-order chi connectivity index (χ1) is 7.25. The first-order valence-electron chi connectivity index (χ1n) is 6.30. The molecule has 1 atom stereocenters. The highest BCUT2D eigenvalue weighted by molar-refractivity contribution is 4.80. The Morgan fingerprint density at radius 3 is 2.53 bits per heavy atom. The van der Waals surface area contributed by atoms with Crippen molar-refractivity contribution in [1.82, 2.24) is 9.80 Å². The van der Waals surface area contributed by atoms with Crippen molar-refractivity contribution in [1.29, 1.82) is 0 Å². The van der Waals surface area contributed by atoms with E-state index in [0.717, 1.165) is 38.3 Å². The molecule has 2 aliphatic heterocycles. The Hall–Kier alpha value is -0.120. The van der Waals surface area contributed by atoms with Crippen LogP contribution in [-0.4, -0.2) is 61.8 Å². The second-order valence-electron chi connectivity index (χ2n) is 5.16. The van der Waals surface area contributed by atoms with E-state index in [1.165, 1.54) is 26.1 Å². The van der Waals surface area contributed by atoms with E-state index >= 15 is 0 Å². The van der Waals surface area contributed by atoms with Gasteiger partial charge < -0.3 is 9.64 Å². The average molecular weight is 212 g/mol. The fourth-order valence-corrected chi connectivity index (χ4v) is 2.63. The van der Waals surface area contributed by atoms with Gasteiger partial charge in [-0.3, -0.25) is 4.90 Å². The highest BCUT2D eigenvalue weighted by atomic mass is 16.5. The third-order valence-electron chi connectivity index (χ3n) is 3.67. The molecule has 3 heteroatoms. The molecule has 3 nitrogen and oxygen atoms in total. The lowest BCUT2D eigenvalue weighted by Gasteiger charge is -2.29. The van der Waals surface area contributed by atoms with Gasteiger partial charge in [0.2, 0.25) is 0 Å². The summed E-state index contributed by atoms with van der Waals surface area (Å²) in [5, 5.41) is 0. The third-order valence-corrected chi connectivity index (χ3v) is 3.67. The molecule has 0 spiro atoms. The zero-order chi connectivity index (χ0) is 10.7. The second kappa shape index (κ2) is 5.28. The highest BCUT2D eigenvalue weighted by Crippen LogP contribution is 2.19. The molecule has 0 amide bonds. The lowest BCUT2D eigenvalue weighted by molar-refractivity contribution is 0.0310. The Kier molecular flexibility index (Phi) is 4.00. The summed E-state index contributed by atoms with van der Waals surface area (Å²) in [6, 6.07) is 0.722. The maximum atomic E-state index is 5.37. The molecular weight excluding hydrogens is 188 g/mol. The lowest BCUT2D eigenvalue weighted by Crippen LogP contribution is -2.40. The molecule has 0 bridgehead atoms. The van der Waals surface area contributed by atoms with Crippen molar-refractivity contribution in [2.75, 3.05) is 45.9 Å². The topological polar surface area (TPSA) is 15.7 Å². The molecule has 0 radical (unpaired) electrons. The van der Waals surface area contributed by atoms with Crippen LogP contribution in [0.15, 0.2) is 0 Å². The first-order valence-corrected chi connectivity index (χ1v) is 6.30. The van der Waals surface area contributed by atoms with Crippen molar-refractivity contribution in [3.8, 4) is 0 Å². The molecule has 0 aromatic heterocycles. The zero-order valence-electron chi connectivity index (χ0n) is 10.1. The van der Waals surface area contributed by atoms with E-state index in [1.54, 1.807) is 0 Å². The van der Waals surface area contributed by atoms with Crippen molar-refractivity contribution in [2.45, 2.75) is 26.3 Å². The van der Waals surface area contributed by atoms with Gasteiger partial charge in [-0.1, -0.05) is 0 Å². The molecule has 0 saturated carbocycles. The summed E-state index contributed by atoms with van der Waals surface area (Å²) < 4.78 is 5.37. The molecule has 0 aliphatic carbocycles. The van der Waals surface area contributed by atoms with E-state index in [9.17, 15) is 0 Å². The molecule has 0 N–H and O–H groups in total. The normalized spacial score (nSPS) is 30.2. The molecule has 15 heavy (non-hydrogen) atoms. The van der Waals surface area contributed by atoms with Crippen LogP contribution < -0.4 is 0 Å². The van der Waals surface area contributed by atoms with E-state index in [1.807, 2.05) is 0 Å². The monoisotopic (exact) mass is 212 g/mol. The molecule has 0 aromatic rings. The van der Waals surface area contributed by atoms with Crippen LogP contribution in [0.4, 0.5) is 0 Å². The van der Waals surface area contributed by atoms with Crippen molar-refractivity contribution >= 4 is 0 Å². The number of rotatable bonds is 3. The average Bonchev–Trinajstić information content (AvgIpc) is 2.68. The van der Waals surface area contributed by atoms with Crippen LogP contribution >= 0.6 is 0 Å². The van der Waals surface area contributed by atoms with Crippen molar-refractivity contribution in [2.24, 2.45) is 5.92 Å². The number of nitrogens with zero attached hydrogens (tertiary/aromatic N) is 2. The number of hydrogen-bond acceptors (Lipinski definition) is 3. The summed E-state index contributed by atoms with van der Waals surface area (Å²) in [7, 11) is 0. The van der Waals surface area contributed by atoms with Crippen molar-refractivity contribution < 1.29 is 4.74 Å². The summed E-state index contributed by atoms with van der Waals surface area (Å²) in [5.74, 6) is 0.894. The van der Waals surface area contributed by atoms with Gasteiger partial charge >= 0.3 is 0 Å². The summed E-state index contributed by atoms with van der Waals surface area (Å²) >= 11 is 0. The van der Waals surface area contributed by atoms with Crippen LogP contribution in [0, 0.1) is 5.92 Å². The van der Waals surface area contributed by atoms with Gasteiger partial charge in [-0.05, 0) is 32.7 Å². The van der Waals surface area contributed by atoms with Gasteiger partial charge in [0.1, 0.15) is 0 Å². The minimum absolute atomic E-state index is 0.722. The number of morpholine rings is 1. The third kappa shape index (κ3) is 3.16. The van der Waals surface area contributed by atoms with E-state index in [0.29, 0.717) is 0 Å². The van der Waals surface area contributed by atoms with E-state index in [4.69, 9.17) is 4.74 Å². The Labute approximate surface area is 93.4 Å². The summed E-state index contributed by atoms with van der Waals surface area (Å²) in [6.45, 7) is 12.6. The van der Waals surface area contributed by atoms with Gasteiger partial charge in [0.05, 0.1) is 13.2 Å². The van der Waals surface area contributed by atoms with Crippen molar-refractivity contribution in [3.63, 3.8) is 0 Å². The van der Waals surface area contributed by atoms with Gasteiger partial charge in [0.25, 0.3) is 0 Å². The van der Waals surface area contributed by atoms with Gasteiger partial charge in [-0.15, -0.1) is 0 Å². The Bertz CT molecular complexity index is 190. The van der Waals surface area contributed by atoms with Gasteiger partial charge in [0.15, 0.2) is 0 Å². The van der Waals surface area contributed by atoms with Crippen molar-refractivity contribution in [3.05, 3.63) is 0 Å². The first kappa shape index (κ1) is 11.4. The minimum Gasteiger partial charge on any atom is -0.379 e. The van der Waals surface area contributed by atoms with Crippen LogP contribution in [0.5, 0.6) is 0 Å². The van der Waals surface area contributed by atoms with Gasteiger partial charge in [-0.2, -0.15) is 0 Å². The number of likely N-dealkylation sites (tertiary alicyclic amines) is 1. The fourth-order valence-electron chi connectivity index (χ4n) is 2.63. The molecule has 0 aromatic carbocycles. The molecule has 2 rings (SSSR count). The minimum atomic E-state index is 0.722. The lowest BCUT2D eigenvalue weighted by atomic mass is 10.1. The van der Waals surface area contributed by atoms with Crippen LogP contribution in [0.25, 0.3) is 0 Å². The largest absolute Gasteiger partial charge is 0.379 e. The summed E-state index contributed by atoms with van der Waals surface area (Å²) in [4.78, 5) is 5.17. The Balaban J connectivity index is 1.71. The Morgan fingerprint density at radius 1 is 1.20 bits per heavy atom. The van der Waals surface area contributed by atoms with Gasteiger partial charge in [-0.25, -0.2) is 0 Å². The van der Waals surface area contributed by atoms with Crippen LogP contribution in [0.3, 0.4) is 0 Å². The number of ether oxygens (including phenoxy) is 1. The van der Waals surface area contributed by atoms with Crippen LogP contribution in [0.2, 0.25) is 0 Å². The van der Waals surface area contributed by atoms with E-state index < -0.39 is 0 Å². The highest BCUT2D eigenvalue weighted by Gasteiger charge is 2.26.